The second kappa shape index (κ2) is 4.12. The molecule has 0 saturated carbocycles. The summed E-state index contributed by atoms with van der Waals surface area (Å²) in [5.41, 5.74) is 3.12. The highest BCUT2D eigenvalue weighted by molar-refractivity contribution is 5.88. The van der Waals surface area contributed by atoms with E-state index in [2.05, 4.69) is 29.0 Å². The van der Waals surface area contributed by atoms with Crippen LogP contribution in [-0.4, -0.2) is 17.6 Å². The molecule has 2 aromatic rings. The summed E-state index contributed by atoms with van der Waals surface area (Å²) in [6.07, 6.45) is 4.40. The predicted molar refractivity (Wildman–Crippen MR) is 75.3 cm³/mol. The van der Waals surface area contributed by atoms with E-state index in [1.165, 1.54) is 30.0 Å². The molecule has 1 aliphatic heterocycles. The summed E-state index contributed by atoms with van der Waals surface area (Å²) < 4.78 is 7.24. The van der Waals surface area contributed by atoms with Gasteiger partial charge < -0.3 is 9.30 Å². The van der Waals surface area contributed by atoms with E-state index in [0.29, 0.717) is 0 Å². The van der Waals surface area contributed by atoms with E-state index in [9.17, 15) is 4.79 Å². The number of rotatable bonds is 2. The van der Waals surface area contributed by atoms with Crippen molar-refractivity contribution in [2.75, 3.05) is 7.11 Å². The van der Waals surface area contributed by atoms with Gasteiger partial charge in [0.1, 0.15) is 0 Å². The van der Waals surface area contributed by atoms with Crippen LogP contribution in [0.3, 0.4) is 0 Å². The van der Waals surface area contributed by atoms with Crippen LogP contribution in [-0.2, 0) is 27.9 Å². The minimum Gasteiger partial charge on any atom is -0.468 e. The van der Waals surface area contributed by atoms with Gasteiger partial charge in [0.25, 0.3) is 0 Å². The highest BCUT2D eigenvalue weighted by Gasteiger charge is 2.32. The van der Waals surface area contributed by atoms with Crippen LogP contribution < -0.4 is 0 Å². The monoisotopic (exact) mass is 257 g/mol. The predicted octanol–water partition coefficient (Wildman–Crippen LogP) is 3.04. The molecule has 0 amide bonds. The molecule has 3 nitrogen and oxygen atoms in total. The van der Waals surface area contributed by atoms with Gasteiger partial charge >= 0.3 is 5.97 Å². The van der Waals surface area contributed by atoms with E-state index in [1.807, 2.05) is 13.8 Å². The topological polar surface area (TPSA) is 31.2 Å². The molecule has 3 rings (SSSR count). The lowest BCUT2D eigenvalue weighted by Gasteiger charge is -2.24. The summed E-state index contributed by atoms with van der Waals surface area (Å²) in [6.45, 7) is 4.94. The molecule has 0 fully saturated rings. The molecule has 19 heavy (non-hydrogen) atoms. The zero-order valence-corrected chi connectivity index (χ0v) is 11.7. The molecule has 0 N–H and O–H groups in total. The van der Waals surface area contributed by atoms with Crippen LogP contribution >= 0.6 is 0 Å². The third kappa shape index (κ3) is 1.76. The lowest BCUT2D eigenvalue weighted by Crippen LogP contribution is -2.30. The number of aromatic nitrogens is 1. The van der Waals surface area contributed by atoms with Crippen LogP contribution in [0.25, 0.3) is 10.9 Å². The number of aryl methyl sites for hydroxylation is 2. The molecule has 0 unspecified atom stereocenters. The van der Waals surface area contributed by atoms with Gasteiger partial charge in [0.05, 0.1) is 18.0 Å². The average Bonchev–Trinajstić information content (AvgIpc) is 2.83. The molecule has 1 aromatic carbocycles. The standard InChI is InChI=1S/C16H19NO2/c1-16(2,15(18)19-3)13-9-11-5-4-7-17-8-6-12(10-13)14(11)17/h6,8-10H,4-5,7H2,1-3H3. The number of esters is 1. The summed E-state index contributed by atoms with van der Waals surface area (Å²) in [7, 11) is 1.45. The Kier molecular flexibility index (Phi) is 2.66. The molecule has 0 aliphatic carbocycles. The fourth-order valence-corrected chi connectivity index (χ4v) is 2.99. The Labute approximate surface area is 113 Å². The SMILES string of the molecule is COC(=O)C(C)(C)c1cc2c3c(ccn3CCC2)c1. The number of methoxy groups -OCH3 is 1. The summed E-state index contributed by atoms with van der Waals surface area (Å²) >= 11 is 0. The molecule has 0 bridgehead atoms. The van der Waals surface area contributed by atoms with E-state index in [-0.39, 0.29) is 5.97 Å². The molecule has 0 saturated heterocycles. The average molecular weight is 257 g/mol. The Balaban J connectivity index is 2.19. The quantitative estimate of drug-likeness (QED) is 0.774. The highest BCUT2D eigenvalue weighted by atomic mass is 16.5. The van der Waals surface area contributed by atoms with Crippen molar-refractivity contribution in [3.05, 3.63) is 35.5 Å². The Hall–Kier alpha value is -1.77. The molecule has 3 heteroatoms. The van der Waals surface area contributed by atoms with Crippen molar-refractivity contribution in [3.63, 3.8) is 0 Å². The van der Waals surface area contributed by atoms with Crippen LogP contribution in [0.2, 0.25) is 0 Å². The molecule has 1 aromatic heterocycles. The molecule has 2 heterocycles. The van der Waals surface area contributed by atoms with Gasteiger partial charge in [0, 0.05) is 18.1 Å². The Bertz CT molecular complexity index is 652. The lowest BCUT2D eigenvalue weighted by molar-refractivity contribution is -0.146. The van der Waals surface area contributed by atoms with Crippen molar-refractivity contribution in [1.82, 2.24) is 4.57 Å². The third-order valence-corrected chi connectivity index (χ3v) is 4.20. The molecule has 100 valence electrons. The van der Waals surface area contributed by atoms with E-state index in [4.69, 9.17) is 4.74 Å². The van der Waals surface area contributed by atoms with Gasteiger partial charge in [-0.3, -0.25) is 4.79 Å². The van der Waals surface area contributed by atoms with Gasteiger partial charge in [0.2, 0.25) is 0 Å². The van der Waals surface area contributed by atoms with Gasteiger partial charge in [-0.15, -0.1) is 0 Å². The van der Waals surface area contributed by atoms with Gasteiger partial charge in [-0.05, 0) is 49.9 Å². The van der Waals surface area contributed by atoms with E-state index in [1.54, 1.807) is 0 Å². The summed E-state index contributed by atoms with van der Waals surface area (Å²) in [6, 6.07) is 6.44. The first kappa shape index (κ1) is 12.3. The number of carbonyl (C=O) groups is 1. The summed E-state index contributed by atoms with van der Waals surface area (Å²) in [5.74, 6) is -0.186. The Morgan fingerprint density at radius 1 is 1.37 bits per heavy atom. The van der Waals surface area contributed by atoms with Crippen molar-refractivity contribution in [1.29, 1.82) is 0 Å². The number of benzene rings is 1. The summed E-state index contributed by atoms with van der Waals surface area (Å²) in [5, 5.41) is 1.23. The minimum absolute atomic E-state index is 0.186. The maximum atomic E-state index is 12.0. The van der Waals surface area contributed by atoms with Crippen molar-refractivity contribution in [2.45, 2.75) is 38.6 Å². The fourth-order valence-electron chi connectivity index (χ4n) is 2.99. The number of ether oxygens (including phenoxy) is 1. The van der Waals surface area contributed by atoms with Gasteiger partial charge in [0.15, 0.2) is 0 Å². The molecule has 0 spiro atoms. The van der Waals surface area contributed by atoms with Gasteiger partial charge in [-0.1, -0.05) is 6.07 Å². The zero-order valence-electron chi connectivity index (χ0n) is 11.7. The Morgan fingerprint density at radius 2 is 2.16 bits per heavy atom. The molecule has 1 aliphatic rings. The molecule has 0 radical (unpaired) electrons. The normalized spacial score (nSPS) is 14.7. The second-order valence-corrected chi connectivity index (χ2v) is 5.80. The van der Waals surface area contributed by atoms with Crippen LogP contribution in [0, 0.1) is 0 Å². The minimum atomic E-state index is -0.598. The number of carbonyl (C=O) groups excluding carboxylic acids is 1. The first-order valence-corrected chi connectivity index (χ1v) is 6.74. The maximum Gasteiger partial charge on any atom is 0.315 e. The second-order valence-electron chi connectivity index (χ2n) is 5.80. The fraction of sp³-hybridized carbons (Fsp3) is 0.438. The molecule has 0 atom stereocenters. The van der Waals surface area contributed by atoms with Crippen LogP contribution in [0.15, 0.2) is 24.4 Å². The van der Waals surface area contributed by atoms with E-state index in [0.717, 1.165) is 18.5 Å². The van der Waals surface area contributed by atoms with Gasteiger partial charge in [-0.25, -0.2) is 0 Å². The first-order valence-electron chi connectivity index (χ1n) is 6.74. The van der Waals surface area contributed by atoms with E-state index >= 15 is 0 Å². The number of hydrogen-bond donors (Lipinski definition) is 0. The smallest absolute Gasteiger partial charge is 0.315 e. The highest BCUT2D eigenvalue weighted by Crippen LogP contribution is 2.33. The summed E-state index contributed by atoms with van der Waals surface area (Å²) in [4.78, 5) is 12.0. The van der Waals surface area contributed by atoms with Crippen molar-refractivity contribution in [2.24, 2.45) is 0 Å². The Morgan fingerprint density at radius 3 is 2.89 bits per heavy atom. The number of nitrogens with zero attached hydrogens (tertiary/aromatic N) is 1. The van der Waals surface area contributed by atoms with Gasteiger partial charge in [-0.2, -0.15) is 0 Å². The van der Waals surface area contributed by atoms with Crippen molar-refractivity contribution in [3.8, 4) is 0 Å². The van der Waals surface area contributed by atoms with Crippen molar-refractivity contribution < 1.29 is 9.53 Å². The third-order valence-electron chi connectivity index (χ3n) is 4.20. The van der Waals surface area contributed by atoms with Crippen molar-refractivity contribution >= 4 is 16.9 Å². The number of hydrogen-bond acceptors (Lipinski definition) is 2. The van der Waals surface area contributed by atoms with Crippen LogP contribution in [0.5, 0.6) is 0 Å². The lowest BCUT2D eigenvalue weighted by atomic mass is 9.82. The largest absolute Gasteiger partial charge is 0.468 e. The maximum absolute atomic E-state index is 12.0. The first-order chi connectivity index (χ1) is 9.04. The molecular formula is C16H19NO2. The van der Waals surface area contributed by atoms with Crippen LogP contribution in [0.4, 0.5) is 0 Å². The molecular weight excluding hydrogens is 238 g/mol. The zero-order chi connectivity index (χ0) is 13.6. The van der Waals surface area contributed by atoms with E-state index < -0.39 is 5.41 Å². The van der Waals surface area contributed by atoms with Crippen LogP contribution in [0.1, 0.15) is 31.4 Å².